The molecule has 3 rings (SSSR count). The van der Waals surface area contributed by atoms with Crippen LogP contribution in [0, 0.1) is 6.92 Å². The second-order valence-corrected chi connectivity index (χ2v) is 10.0. The molecule has 0 aliphatic heterocycles. The van der Waals surface area contributed by atoms with Crippen LogP contribution in [0.25, 0.3) is 16.5 Å². The van der Waals surface area contributed by atoms with Gasteiger partial charge in [-0.15, -0.1) is 11.3 Å². The third-order valence-electron chi connectivity index (χ3n) is 4.55. The first-order chi connectivity index (χ1) is 15.0. The Morgan fingerprint density at radius 1 is 1.31 bits per heavy atom. The van der Waals surface area contributed by atoms with Crippen LogP contribution in [0.4, 0.5) is 5.00 Å². The molecular formula is C20H22N4O6S2. The van der Waals surface area contributed by atoms with Gasteiger partial charge in [-0.25, -0.2) is 13.2 Å². The number of aromatic nitrogens is 2. The summed E-state index contributed by atoms with van der Waals surface area (Å²) in [7, 11) is -2.29. The molecule has 0 saturated carbocycles. The molecule has 1 N–H and O–H groups in total. The number of likely N-dealkylation sites (N-methyl/N-ethyl adjacent to an activating group) is 1. The zero-order valence-electron chi connectivity index (χ0n) is 17.9. The normalized spacial score (nSPS) is 11.7. The van der Waals surface area contributed by atoms with Crippen LogP contribution in [0.1, 0.15) is 23.0 Å². The minimum Gasteiger partial charge on any atom is -0.461 e. The molecule has 10 nitrogen and oxygen atoms in total. The maximum absolute atomic E-state index is 13.3. The first kappa shape index (κ1) is 23.6. The van der Waals surface area contributed by atoms with Gasteiger partial charge < -0.3 is 10.1 Å². The van der Waals surface area contributed by atoms with Gasteiger partial charge in [0.1, 0.15) is 5.00 Å². The molecule has 2 aromatic heterocycles. The Balaban J connectivity index is 2.15. The van der Waals surface area contributed by atoms with Crippen molar-refractivity contribution in [1.29, 1.82) is 0 Å². The van der Waals surface area contributed by atoms with Crippen molar-refractivity contribution in [1.82, 2.24) is 14.1 Å². The first-order valence-corrected chi connectivity index (χ1v) is 12.3. The molecule has 0 bridgehead atoms. The molecule has 0 fully saturated rings. The lowest BCUT2D eigenvalue weighted by molar-refractivity contribution is -0.116. The number of carbonyl (C=O) groups is 2. The van der Waals surface area contributed by atoms with Gasteiger partial charge >= 0.3 is 5.97 Å². The maximum atomic E-state index is 13.3. The molecule has 2 heterocycles. The summed E-state index contributed by atoms with van der Waals surface area (Å²) in [5, 5.41) is 8.87. The highest BCUT2D eigenvalue weighted by atomic mass is 32.2. The summed E-state index contributed by atoms with van der Waals surface area (Å²) in [5.41, 5.74) is 0.735. The van der Waals surface area contributed by atoms with Gasteiger partial charge in [0.25, 0.3) is 5.56 Å². The van der Waals surface area contributed by atoms with E-state index in [-0.39, 0.29) is 28.1 Å². The summed E-state index contributed by atoms with van der Waals surface area (Å²) in [4.78, 5) is 38.3. The smallest absolute Gasteiger partial charge is 0.359 e. The lowest BCUT2D eigenvalue weighted by Crippen LogP contribution is -2.34. The summed E-state index contributed by atoms with van der Waals surface area (Å²) >= 11 is 1.04. The van der Waals surface area contributed by atoms with E-state index in [4.69, 9.17) is 4.74 Å². The lowest BCUT2D eigenvalue weighted by Gasteiger charge is -2.13. The zero-order valence-corrected chi connectivity index (χ0v) is 19.5. The summed E-state index contributed by atoms with van der Waals surface area (Å²) in [5.74, 6) is -1.33. The highest BCUT2D eigenvalue weighted by Crippen LogP contribution is 2.30. The Bertz CT molecular complexity index is 1360. The number of rotatable bonds is 7. The third-order valence-corrected chi connectivity index (χ3v) is 6.71. The second-order valence-electron chi connectivity index (χ2n) is 7.05. The summed E-state index contributed by atoms with van der Waals surface area (Å²) in [6, 6.07) is 7.02. The first-order valence-electron chi connectivity index (χ1n) is 9.52. The number of nitrogens with zero attached hydrogens (tertiary/aromatic N) is 3. The Hall–Kier alpha value is -3.09. The number of aryl methyl sites for hydroxylation is 1. The van der Waals surface area contributed by atoms with Gasteiger partial charge in [-0.1, -0.05) is 12.1 Å². The van der Waals surface area contributed by atoms with Crippen LogP contribution in [-0.4, -0.2) is 60.8 Å². The highest BCUT2D eigenvalue weighted by molar-refractivity contribution is 7.88. The number of thiophene rings is 1. The van der Waals surface area contributed by atoms with Gasteiger partial charge in [0.05, 0.1) is 30.5 Å². The minimum absolute atomic E-state index is 0.0621. The molecule has 0 radical (unpaired) electrons. The van der Waals surface area contributed by atoms with Crippen molar-refractivity contribution >= 4 is 49.0 Å². The molecule has 0 aliphatic carbocycles. The second kappa shape index (κ2) is 9.18. The molecule has 12 heteroatoms. The number of amides is 1. The van der Waals surface area contributed by atoms with Gasteiger partial charge in [0.2, 0.25) is 15.9 Å². The topological polar surface area (TPSA) is 128 Å². The number of anilines is 1. The van der Waals surface area contributed by atoms with E-state index in [1.165, 1.54) is 12.4 Å². The Morgan fingerprint density at radius 3 is 2.66 bits per heavy atom. The van der Waals surface area contributed by atoms with Crippen LogP contribution >= 0.6 is 11.3 Å². The van der Waals surface area contributed by atoms with Crippen molar-refractivity contribution in [2.45, 2.75) is 13.8 Å². The number of benzene rings is 1. The van der Waals surface area contributed by atoms with Crippen LogP contribution in [0.3, 0.4) is 0 Å². The highest BCUT2D eigenvalue weighted by Gasteiger charge is 2.24. The minimum atomic E-state index is -3.56. The van der Waals surface area contributed by atoms with Crippen molar-refractivity contribution in [3.05, 3.63) is 51.3 Å². The number of esters is 1. The molecule has 32 heavy (non-hydrogen) atoms. The molecule has 0 unspecified atom stereocenters. The number of sulfonamides is 1. The number of hydrogen-bond donors (Lipinski definition) is 1. The fourth-order valence-electron chi connectivity index (χ4n) is 2.91. The third kappa shape index (κ3) is 4.87. The maximum Gasteiger partial charge on any atom is 0.359 e. The molecule has 170 valence electrons. The monoisotopic (exact) mass is 478 g/mol. The van der Waals surface area contributed by atoms with Crippen molar-refractivity contribution < 1.29 is 22.7 Å². The van der Waals surface area contributed by atoms with Crippen LogP contribution in [0.15, 0.2) is 34.4 Å². The SMILES string of the molecule is CCOC(=O)c1nn(-c2cccc(C)c2)c(=O)c2c(NC(=O)CN(C)S(C)(=O)=O)scc12. The van der Waals surface area contributed by atoms with E-state index >= 15 is 0 Å². The van der Waals surface area contributed by atoms with Gasteiger partial charge in [0.15, 0.2) is 5.69 Å². The molecule has 3 aromatic rings. The predicted octanol–water partition coefficient (Wildman–Crippen LogP) is 1.76. The fraction of sp³-hybridized carbons (Fsp3) is 0.300. The molecule has 0 aliphatic rings. The largest absolute Gasteiger partial charge is 0.461 e. The van der Waals surface area contributed by atoms with Crippen LogP contribution < -0.4 is 10.9 Å². The molecule has 0 atom stereocenters. The number of carbonyl (C=O) groups excluding carboxylic acids is 2. The van der Waals surface area contributed by atoms with Crippen molar-refractivity contribution in [3.63, 3.8) is 0 Å². The Kier molecular flexibility index (Phi) is 6.77. The number of fused-ring (bicyclic) bond motifs is 1. The molecule has 1 amide bonds. The van der Waals surface area contributed by atoms with E-state index in [0.717, 1.165) is 32.1 Å². The van der Waals surface area contributed by atoms with Gasteiger partial charge in [-0.2, -0.15) is 14.1 Å². The van der Waals surface area contributed by atoms with Crippen molar-refractivity contribution in [3.8, 4) is 5.69 Å². The van der Waals surface area contributed by atoms with Gasteiger partial charge in [-0.3, -0.25) is 9.59 Å². The number of hydrogen-bond acceptors (Lipinski definition) is 8. The van der Waals surface area contributed by atoms with Crippen LogP contribution in [-0.2, 0) is 19.6 Å². The molecule has 1 aromatic carbocycles. The molecule has 0 spiro atoms. The van der Waals surface area contributed by atoms with Gasteiger partial charge in [-0.05, 0) is 31.5 Å². The van der Waals surface area contributed by atoms with E-state index in [1.54, 1.807) is 25.1 Å². The van der Waals surface area contributed by atoms with E-state index in [2.05, 4.69) is 10.4 Å². The van der Waals surface area contributed by atoms with Crippen molar-refractivity contribution in [2.24, 2.45) is 0 Å². The summed E-state index contributed by atoms with van der Waals surface area (Å²) < 4.78 is 30.2. The van der Waals surface area contributed by atoms with Crippen LogP contribution in [0.2, 0.25) is 0 Å². The summed E-state index contributed by atoms with van der Waals surface area (Å²) in [6.45, 7) is 3.20. The predicted molar refractivity (Wildman–Crippen MR) is 122 cm³/mol. The average molecular weight is 479 g/mol. The van der Waals surface area contributed by atoms with Crippen molar-refractivity contribution in [2.75, 3.05) is 31.8 Å². The standard InChI is InChI=1S/C20H22N4O6S2/c1-5-30-20(27)17-14-11-31-18(21-15(25)10-23(3)32(4,28)29)16(14)19(26)24(22-17)13-8-6-7-12(2)9-13/h6-9,11H,5,10H2,1-4H3,(H,21,25). The van der Waals surface area contributed by atoms with E-state index < -0.39 is 34.0 Å². The Morgan fingerprint density at radius 2 is 2.03 bits per heavy atom. The fourth-order valence-corrected chi connectivity index (χ4v) is 4.22. The van der Waals surface area contributed by atoms with Crippen LogP contribution in [0.5, 0.6) is 0 Å². The number of nitrogens with one attached hydrogen (secondary N) is 1. The lowest BCUT2D eigenvalue weighted by atomic mass is 10.2. The average Bonchev–Trinajstić information content (AvgIpc) is 3.11. The van der Waals surface area contributed by atoms with Gasteiger partial charge in [0, 0.05) is 17.8 Å². The summed E-state index contributed by atoms with van der Waals surface area (Å²) in [6.07, 6.45) is 0.985. The quantitative estimate of drug-likeness (QED) is 0.513. The Labute approximate surface area is 188 Å². The van der Waals surface area contributed by atoms with E-state index in [0.29, 0.717) is 5.69 Å². The number of ether oxygens (including phenoxy) is 1. The zero-order chi connectivity index (χ0) is 23.6. The van der Waals surface area contributed by atoms with E-state index in [1.807, 2.05) is 13.0 Å². The molecular weight excluding hydrogens is 456 g/mol. The van der Waals surface area contributed by atoms with E-state index in [9.17, 15) is 22.8 Å². The molecule has 0 saturated heterocycles.